The molecule has 14 heteroatoms. The quantitative estimate of drug-likeness (QED) is 0.518. The molecule has 0 saturated carbocycles. The minimum atomic E-state index is -4.88. The predicted octanol–water partition coefficient (Wildman–Crippen LogP) is 2.37. The van der Waals surface area contributed by atoms with Crippen molar-refractivity contribution < 1.29 is 40.7 Å². The molecule has 2 aromatic rings. The molecule has 2 fully saturated rings. The number of halogens is 3. The molecule has 3 unspecified atom stereocenters. The van der Waals surface area contributed by atoms with E-state index in [4.69, 9.17) is 0 Å². The van der Waals surface area contributed by atoms with Crippen molar-refractivity contribution >= 4 is 27.6 Å². The highest BCUT2D eigenvalue weighted by molar-refractivity contribution is 7.89. The number of ether oxygens (including phenoxy) is 1. The monoisotopic (exact) mass is 568 g/mol. The number of carbonyl (C=O) groups is 3. The number of nitrogens with zero attached hydrogens (tertiary/aromatic N) is 3. The van der Waals surface area contributed by atoms with Gasteiger partial charge in [0, 0.05) is 24.5 Å². The fourth-order valence-electron chi connectivity index (χ4n) is 4.92. The fraction of sp³-hybridized carbons (Fsp3) is 0.440. The highest BCUT2D eigenvalue weighted by Crippen LogP contribution is 2.34. The van der Waals surface area contributed by atoms with E-state index in [0.29, 0.717) is 0 Å². The first-order chi connectivity index (χ1) is 18.3. The zero-order valence-electron chi connectivity index (χ0n) is 21.1. The van der Waals surface area contributed by atoms with E-state index in [1.54, 1.807) is 0 Å². The van der Waals surface area contributed by atoms with Crippen LogP contribution in [0, 0.1) is 5.92 Å². The maximum atomic E-state index is 13.6. The minimum absolute atomic E-state index is 0.0102. The zero-order valence-corrected chi connectivity index (χ0v) is 21.9. The zero-order chi connectivity index (χ0) is 28.5. The molecule has 0 aliphatic carbocycles. The summed E-state index contributed by atoms with van der Waals surface area (Å²) in [6.07, 6.45) is -1.79. The number of nitrogens with one attached hydrogen (secondary N) is 1. The number of alkyl halides is 3. The number of amides is 2. The average molecular weight is 569 g/mol. The molecule has 0 radical (unpaired) electrons. The van der Waals surface area contributed by atoms with Crippen molar-refractivity contribution in [2.45, 2.75) is 56.1 Å². The molecule has 210 valence electrons. The van der Waals surface area contributed by atoms with Crippen LogP contribution in [0.2, 0.25) is 0 Å². The van der Waals surface area contributed by atoms with Gasteiger partial charge in [0.2, 0.25) is 15.9 Å². The number of likely N-dealkylation sites (tertiary alicyclic amines) is 1. The van der Waals surface area contributed by atoms with Gasteiger partial charge in [-0.3, -0.25) is 19.4 Å². The largest absolute Gasteiger partial charge is 0.573 e. The van der Waals surface area contributed by atoms with Gasteiger partial charge in [-0.1, -0.05) is 13.8 Å². The fourth-order valence-corrected chi connectivity index (χ4v) is 6.51. The Morgan fingerprint density at radius 2 is 1.87 bits per heavy atom. The maximum absolute atomic E-state index is 13.6. The molecule has 3 heterocycles. The highest BCUT2D eigenvalue weighted by Gasteiger charge is 2.54. The van der Waals surface area contributed by atoms with Gasteiger partial charge in [0.15, 0.2) is 5.78 Å². The first-order valence-electron chi connectivity index (χ1n) is 12.2. The Morgan fingerprint density at radius 1 is 1.18 bits per heavy atom. The van der Waals surface area contributed by atoms with E-state index in [9.17, 15) is 36.0 Å². The Bertz CT molecular complexity index is 1340. The number of hydrogen-bond donors (Lipinski definition) is 1. The Morgan fingerprint density at radius 3 is 2.46 bits per heavy atom. The topological polar surface area (TPSA) is 126 Å². The van der Waals surface area contributed by atoms with E-state index in [2.05, 4.69) is 15.0 Å². The number of hydrogen-bond acceptors (Lipinski definition) is 7. The molecule has 3 atom stereocenters. The Balaban J connectivity index is 1.50. The molecule has 2 aliphatic rings. The number of rotatable bonds is 8. The number of sulfonamides is 1. The van der Waals surface area contributed by atoms with Crippen molar-refractivity contribution in [3.63, 3.8) is 0 Å². The highest BCUT2D eigenvalue weighted by atomic mass is 32.2. The average Bonchev–Trinajstić information content (AvgIpc) is 3.44. The molecule has 1 N–H and O–H groups in total. The van der Waals surface area contributed by atoms with Gasteiger partial charge in [-0.05, 0) is 55.2 Å². The van der Waals surface area contributed by atoms with Crippen LogP contribution in [0.4, 0.5) is 13.2 Å². The second-order valence-corrected chi connectivity index (χ2v) is 11.7. The molecule has 2 aliphatic heterocycles. The standard InChI is InChI=1S/C25H27F3N4O6S/c1-15(2)12-19(30-23(34)16-5-7-17(8-6-16)38-25(26,27)28)24(35)31-11-9-20-22(31)21(33)14-32(20)39(36,37)18-4-3-10-29-13-18/h3-8,10,13,15,19-20,22H,9,11-12,14H2,1-2H3,(H,30,34). The summed E-state index contributed by atoms with van der Waals surface area (Å²) < 4.78 is 68.5. The second-order valence-electron chi connectivity index (χ2n) is 9.77. The summed E-state index contributed by atoms with van der Waals surface area (Å²) in [7, 11) is -4.02. The lowest BCUT2D eigenvalue weighted by atomic mass is 10.0. The third-order valence-corrected chi connectivity index (χ3v) is 8.42. The Labute approximate surface area is 223 Å². The maximum Gasteiger partial charge on any atom is 0.573 e. The first kappa shape index (κ1) is 28.5. The van der Waals surface area contributed by atoms with Crippen LogP contribution in [0.25, 0.3) is 0 Å². The van der Waals surface area contributed by atoms with Crippen LogP contribution in [-0.2, 0) is 19.6 Å². The van der Waals surface area contributed by atoms with Crippen LogP contribution >= 0.6 is 0 Å². The summed E-state index contributed by atoms with van der Waals surface area (Å²) in [5.41, 5.74) is 0.0102. The molecular weight excluding hydrogens is 541 g/mol. The van der Waals surface area contributed by atoms with E-state index in [1.165, 1.54) is 29.4 Å². The second kappa shape index (κ2) is 10.9. The third kappa shape index (κ3) is 6.22. The van der Waals surface area contributed by atoms with Crippen LogP contribution in [0.15, 0.2) is 53.7 Å². The minimum Gasteiger partial charge on any atom is -0.406 e. The molecule has 39 heavy (non-hydrogen) atoms. The van der Waals surface area contributed by atoms with Crippen LogP contribution in [0.5, 0.6) is 5.75 Å². The molecular formula is C25H27F3N4O6S. The van der Waals surface area contributed by atoms with Crippen molar-refractivity contribution in [3.8, 4) is 5.75 Å². The molecule has 1 aromatic heterocycles. The van der Waals surface area contributed by atoms with Crippen molar-refractivity contribution in [3.05, 3.63) is 54.4 Å². The van der Waals surface area contributed by atoms with Crippen molar-refractivity contribution in [1.82, 2.24) is 19.5 Å². The van der Waals surface area contributed by atoms with Gasteiger partial charge in [-0.2, -0.15) is 4.31 Å². The van der Waals surface area contributed by atoms with Gasteiger partial charge in [0.1, 0.15) is 22.7 Å². The van der Waals surface area contributed by atoms with Gasteiger partial charge in [0.25, 0.3) is 5.91 Å². The molecule has 1 aromatic carbocycles. The van der Waals surface area contributed by atoms with Gasteiger partial charge in [-0.25, -0.2) is 8.42 Å². The van der Waals surface area contributed by atoms with E-state index in [0.717, 1.165) is 28.6 Å². The van der Waals surface area contributed by atoms with Gasteiger partial charge in [0.05, 0.1) is 12.6 Å². The van der Waals surface area contributed by atoms with E-state index < -0.39 is 57.9 Å². The third-order valence-electron chi connectivity index (χ3n) is 6.56. The number of fused-ring (bicyclic) bond motifs is 1. The SMILES string of the molecule is CC(C)CC(NC(=O)c1ccc(OC(F)(F)F)cc1)C(=O)N1CCC2C1C(=O)CN2S(=O)(=O)c1cccnc1. The number of pyridine rings is 1. The lowest BCUT2D eigenvalue weighted by molar-refractivity contribution is -0.274. The van der Waals surface area contributed by atoms with Gasteiger partial charge < -0.3 is 15.0 Å². The molecule has 2 saturated heterocycles. The smallest absolute Gasteiger partial charge is 0.406 e. The summed E-state index contributed by atoms with van der Waals surface area (Å²) in [6.45, 7) is 3.41. The van der Waals surface area contributed by atoms with E-state index in [1.807, 2.05) is 13.8 Å². The van der Waals surface area contributed by atoms with Gasteiger partial charge in [-0.15, -0.1) is 13.2 Å². The van der Waals surface area contributed by atoms with Crippen LogP contribution < -0.4 is 10.1 Å². The lowest BCUT2D eigenvalue weighted by Crippen LogP contribution is -2.53. The summed E-state index contributed by atoms with van der Waals surface area (Å²) >= 11 is 0. The number of carbonyl (C=O) groups excluding carboxylic acids is 3. The molecule has 2 amide bonds. The molecule has 0 spiro atoms. The summed E-state index contributed by atoms with van der Waals surface area (Å²) in [6, 6.07) is 4.33. The summed E-state index contributed by atoms with van der Waals surface area (Å²) in [4.78, 5) is 44.6. The number of Topliss-reactive ketones (excluding diaryl/α,β-unsaturated/α-hetero) is 1. The number of ketones is 1. The Hall–Kier alpha value is -3.52. The number of aromatic nitrogens is 1. The van der Waals surface area contributed by atoms with E-state index in [-0.39, 0.29) is 42.3 Å². The van der Waals surface area contributed by atoms with Crippen LogP contribution in [-0.4, -0.2) is 77.8 Å². The molecule has 0 bridgehead atoms. The first-order valence-corrected chi connectivity index (χ1v) is 13.6. The van der Waals surface area contributed by atoms with Crippen molar-refractivity contribution in [1.29, 1.82) is 0 Å². The lowest BCUT2D eigenvalue weighted by Gasteiger charge is -2.29. The Kier molecular flexibility index (Phi) is 7.98. The van der Waals surface area contributed by atoms with Crippen molar-refractivity contribution in [2.24, 2.45) is 5.92 Å². The van der Waals surface area contributed by atoms with Crippen molar-refractivity contribution in [2.75, 3.05) is 13.1 Å². The summed E-state index contributed by atoms with van der Waals surface area (Å²) in [5, 5.41) is 2.63. The van der Waals surface area contributed by atoms with Crippen LogP contribution in [0.1, 0.15) is 37.0 Å². The van der Waals surface area contributed by atoms with E-state index >= 15 is 0 Å². The number of benzene rings is 1. The van der Waals surface area contributed by atoms with Gasteiger partial charge >= 0.3 is 6.36 Å². The van der Waals surface area contributed by atoms with Crippen LogP contribution in [0.3, 0.4) is 0 Å². The predicted molar refractivity (Wildman–Crippen MR) is 131 cm³/mol. The molecule has 10 nitrogen and oxygen atoms in total. The summed E-state index contributed by atoms with van der Waals surface area (Å²) in [5.74, 6) is -2.19. The normalized spacial score (nSPS) is 20.7. The molecule has 4 rings (SSSR count).